The van der Waals surface area contributed by atoms with Gasteiger partial charge in [0.2, 0.25) is 0 Å². The molecule has 1 aliphatic heterocycles. The molecule has 5 nitrogen and oxygen atoms in total. The van der Waals surface area contributed by atoms with Crippen LogP contribution in [0.1, 0.15) is 29.3 Å². The van der Waals surface area contributed by atoms with Gasteiger partial charge in [-0.3, -0.25) is 4.90 Å². The number of hydrogen-bond acceptors (Lipinski definition) is 2. The van der Waals surface area contributed by atoms with E-state index in [9.17, 15) is 9.59 Å². The van der Waals surface area contributed by atoms with Gasteiger partial charge in [0.1, 0.15) is 0 Å². The Morgan fingerprint density at radius 3 is 2.95 bits per heavy atom. The molecule has 0 radical (unpaired) electrons. The minimum Gasteiger partial charge on any atom is -0.478 e. The molecular weight excluding hydrogens is 256 g/mol. The molecule has 1 aromatic rings. The van der Waals surface area contributed by atoms with Crippen LogP contribution in [0.15, 0.2) is 30.9 Å². The van der Waals surface area contributed by atoms with Crippen LogP contribution in [-0.2, 0) is 6.42 Å². The lowest BCUT2D eigenvalue weighted by atomic mass is 10.1. The second kappa shape index (κ2) is 5.77. The maximum Gasteiger partial charge on any atom is 0.335 e. The number of nitrogens with one attached hydrogen (secondary N) is 1. The highest BCUT2D eigenvalue weighted by Gasteiger charge is 2.26. The number of fused-ring (bicyclic) bond motifs is 1. The molecule has 0 aromatic heterocycles. The second-order valence-electron chi connectivity index (χ2n) is 4.93. The summed E-state index contributed by atoms with van der Waals surface area (Å²) in [6, 6.07) is 4.72. The molecule has 5 heteroatoms. The molecule has 1 atom stereocenters. The number of carboxylic acids is 1. The van der Waals surface area contributed by atoms with E-state index >= 15 is 0 Å². The third-order valence-corrected chi connectivity index (χ3v) is 3.36. The second-order valence-corrected chi connectivity index (χ2v) is 4.93. The predicted molar refractivity (Wildman–Crippen MR) is 77.3 cm³/mol. The van der Waals surface area contributed by atoms with Gasteiger partial charge in [0.25, 0.3) is 0 Å². The molecule has 1 aliphatic rings. The van der Waals surface area contributed by atoms with E-state index in [1.165, 1.54) is 0 Å². The van der Waals surface area contributed by atoms with Crippen LogP contribution in [0.4, 0.5) is 10.5 Å². The van der Waals surface area contributed by atoms with Crippen molar-refractivity contribution in [3.05, 3.63) is 42.0 Å². The fraction of sp³-hybridized carbons (Fsp3) is 0.333. The van der Waals surface area contributed by atoms with Crippen molar-refractivity contribution in [2.45, 2.75) is 25.8 Å². The van der Waals surface area contributed by atoms with Gasteiger partial charge < -0.3 is 10.4 Å². The van der Waals surface area contributed by atoms with Crippen LogP contribution in [0, 0.1) is 0 Å². The summed E-state index contributed by atoms with van der Waals surface area (Å²) in [6.07, 6.45) is 3.20. The molecule has 0 saturated heterocycles. The van der Waals surface area contributed by atoms with Crippen molar-refractivity contribution in [2.24, 2.45) is 0 Å². The Morgan fingerprint density at radius 1 is 1.55 bits per heavy atom. The number of aromatic carboxylic acids is 1. The van der Waals surface area contributed by atoms with Gasteiger partial charge in [0, 0.05) is 18.3 Å². The van der Waals surface area contributed by atoms with Crippen molar-refractivity contribution in [2.75, 3.05) is 11.4 Å². The van der Waals surface area contributed by atoms with E-state index in [1.807, 2.05) is 6.92 Å². The number of nitrogens with zero attached hydrogens (tertiary/aromatic N) is 1. The standard InChI is InChI=1S/C15H18N2O3/c1-3-4-10(2)16-15(20)17-8-7-11-5-6-12(14(18)19)9-13(11)17/h3,5-6,9-10H,1,4,7-8H2,2H3,(H,16,20)(H,18,19). The summed E-state index contributed by atoms with van der Waals surface area (Å²) < 4.78 is 0. The van der Waals surface area contributed by atoms with E-state index in [0.717, 1.165) is 12.0 Å². The van der Waals surface area contributed by atoms with Crippen LogP contribution in [0.5, 0.6) is 0 Å². The number of urea groups is 1. The summed E-state index contributed by atoms with van der Waals surface area (Å²) in [6.45, 7) is 6.12. The van der Waals surface area contributed by atoms with Crippen molar-refractivity contribution in [3.63, 3.8) is 0 Å². The van der Waals surface area contributed by atoms with E-state index in [-0.39, 0.29) is 17.6 Å². The third-order valence-electron chi connectivity index (χ3n) is 3.36. The monoisotopic (exact) mass is 274 g/mol. The summed E-state index contributed by atoms with van der Waals surface area (Å²) in [5, 5.41) is 11.9. The molecule has 2 rings (SSSR count). The molecule has 1 unspecified atom stereocenters. The molecule has 0 fully saturated rings. The Balaban J connectivity index is 2.17. The summed E-state index contributed by atoms with van der Waals surface area (Å²) in [5.41, 5.74) is 1.89. The van der Waals surface area contributed by atoms with Crippen molar-refractivity contribution in [3.8, 4) is 0 Å². The minimum atomic E-state index is -0.986. The topological polar surface area (TPSA) is 69.6 Å². The number of carbonyl (C=O) groups is 2. The first-order valence-electron chi connectivity index (χ1n) is 6.58. The molecule has 2 amide bonds. The minimum absolute atomic E-state index is 0.00621. The van der Waals surface area contributed by atoms with Crippen molar-refractivity contribution < 1.29 is 14.7 Å². The molecule has 106 valence electrons. The average Bonchev–Trinajstić information content (AvgIpc) is 2.81. The fourth-order valence-electron chi connectivity index (χ4n) is 2.32. The van der Waals surface area contributed by atoms with Crippen molar-refractivity contribution >= 4 is 17.7 Å². The first-order chi connectivity index (χ1) is 9.52. The smallest absolute Gasteiger partial charge is 0.335 e. The zero-order chi connectivity index (χ0) is 14.7. The SMILES string of the molecule is C=CCC(C)NC(=O)N1CCc2ccc(C(=O)O)cc21. The third kappa shape index (κ3) is 2.82. The number of carbonyl (C=O) groups excluding carboxylic acids is 1. The van der Waals surface area contributed by atoms with Gasteiger partial charge in [0.15, 0.2) is 0 Å². The summed E-state index contributed by atoms with van der Waals surface area (Å²) in [7, 11) is 0. The van der Waals surface area contributed by atoms with Crippen LogP contribution >= 0.6 is 0 Å². The highest BCUT2D eigenvalue weighted by Crippen LogP contribution is 2.29. The number of benzene rings is 1. The van der Waals surface area contributed by atoms with Gasteiger partial charge >= 0.3 is 12.0 Å². The Morgan fingerprint density at radius 2 is 2.30 bits per heavy atom. The Kier molecular flexibility index (Phi) is 4.08. The Labute approximate surface area is 117 Å². The lowest BCUT2D eigenvalue weighted by Gasteiger charge is -2.21. The number of anilines is 1. The predicted octanol–water partition coefficient (Wildman–Crippen LogP) is 2.42. The molecule has 1 heterocycles. The number of hydrogen-bond donors (Lipinski definition) is 2. The van der Waals surface area contributed by atoms with Gasteiger partial charge in [-0.2, -0.15) is 0 Å². The lowest BCUT2D eigenvalue weighted by Crippen LogP contribution is -2.43. The molecule has 20 heavy (non-hydrogen) atoms. The van der Waals surface area contributed by atoms with Gasteiger partial charge in [-0.25, -0.2) is 9.59 Å². The van der Waals surface area contributed by atoms with Crippen LogP contribution in [0.25, 0.3) is 0 Å². The van der Waals surface area contributed by atoms with E-state index in [2.05, 4.69) is 11.9 Å². The van der Waals surface area contributed by atoms with Gasteiger partial charge in [-0.05, 0) is 37.5 Å². The Hall–Kier alpha value is -2.30. The van der Waals surface area contributed by atoms with E-state index in [1.54, 1.807) is 29.2 Å². The van der Waals surface area contributed by atoms with E-state index in [0.29, 0.717) is 18.7 Å². The van der Waals surface area contributed by atoms with Crippen LogP contribution in [-0.4, -0.2) is 29.7 Å². The largest absolute Gasteiger partial charge is 0.478 e. The molecule has 1 aromatic carbocycles. The maximum absolute atomic E-state index is 12.2. The maximum atomic E-state index is 12.2. The van der Waals surface area contributed by atoms with Crippen molar-refractivity contribution in [1.29, 1.82) is 0 Å². The lowest BCUT2D eigenvalue weighted by molar-refractivity contribution is 0.0697. The van der Waals surface area contributed by atoms with Crippen molar-refractivity contribution in [1.82, 2.24) is 5.32 Å². The summed E-state index contributed by atoms with van der Waals surface area (Å²) in [5.74, 6) is -0.986. The summed E-state index contributed by atoms with van der Waals surface area (Å²) in [4.78, 5) is 24.8. The van der Waals surface area contributed by atoms with E-state index < -0.39 is 5.97 Å². The van der Waals surface area contributed by atoms with E-state index in [4.69, 9.17) is 5.11 Å². The molecular formula is C15H18N2O3. The number of amides is 2. The van der Waals surface area contributed by atoms with Gasteiger partial charge in [0.05, 0.1) is 5.56 Å². The first-order valence-corrected chi connectivity index (χ1v) is 6.58. The molecule has 0 spiro atoms. The number of rotatable bonds is 4. The highest BCUT2D eigenvalue weighted by molar-refractivity contribution is 5.97. The zero-order valence-corrected chi connectivity index (χ0v) is 11.4. The van der Waals surface area contributed by atoms with Crippen LogP contribution in [0.3, 0.4) is 0 Å². The molecule has 0 aliphatic carbocycles. The average molecular weight is 274 g/mol. The normalized spacial score (nSPS) is 14.6. The summed E-state index contributed by atoms with van der Waals surface area (Å²) >= 11 is 0. The quantitative estimate of drug-likeness (QED) is 0.828. The first kappa shape index (κ1) is 14.1. The number of carboxylic acid groups (broad SMARTS) is 1. The van der Waals surface area contributed by atoms with Gasteiger partial charge in [-0.15, -0.1) is 6.58 Å². The Bertz CT molecular complexity index is 554. The van der Waals surface area contributed by atoms with Crippen LogP contribution < -0.4 is 10.2 Å². The highest BCUT2D eigenvalue weighted by atomic mass is 16.4. The zero-order valence-electron chi connectivity index (χ0n) is 11.4. The van der Waals surface area contributed by atoms with Crippen LogP contribution in [0.2, 0.25) is 0 Å². The van der Waals surface area contributed by atoms with Gasteiger partial charge in [-0.1, -0.05) is 12.1 Å². The molecule has 0 saturated carbocycles. The fourth-order valence-corrected chi connectivity index (χ4v) is 2.32. The molecule has 0 bridgehead atoms. The molecule has 2 N–H and O–H groups in total.